The molecule has 0 saturated heterocycles. The largest absolute Gasteiger partial charge is 0.348 e. The maximum atomic E-state index is 12.1. The lowest BCUT2D eigenvalue weighted by Gasteiger charge is -2.21. The van der Waals surface area contributed by atoms with E-state index in [0.29, 0.717) is 17.1 Å². The molecule has 1 amide bonds. The van der Waals surface area contributed by atoms with Crippen LogP contribution in [0.3, 0.4) is 0 Å². The summed E-state index contributed by atoms with van der Waals surface area (Å²) in [7, 11) is 3.41. The third-order valence-electron chi connectivity index (χ3n) is 2.82. The highest BCUT2D eigenvalue weighted by atomic mass is 35.5. The van der Waals surface area contributed by atoms with Gasteiger partial charge in [-0.25, -0.2) is 0 Å². The Morgan fingerprint density at radius 3 is 2.42 bits per heavy atom. The first kappa shape index (κ1) is 15.7. The molecule has 0 aliphatic heterocycles. The molecule has 1 rings (SSSR count). The summed E-state index contributed by atoms with van der Waals surface area (Å²) >= 11 is 5.86. The molecule has 0 radical (unpaired) electrons. The van der Waals surface area contributed by atoms with Crippen LogP contribution in [0, 0.1) is 0 Å². The third-order valence-corrected chi connectivity index (χ3v) is 3.05. The smallest absolute Gasteiger partial charge is 0.236 e. The summed E-state index contributed by atoms with van der Waals surface area (Å²) in [5.74, 6) is -0.0448. The number of hydrogen-bond donors (Lipinski definition) is 0. The van der Waals surface area contributed by atoms with Crippen molar-refractivity contribution in [2.45, 2.75) is 6.92 Å². The van der Waals surface area contributed by atoms with Gasteiger partial charge < -0.3 is 4.90 Å². The second-order valence-electron chi connectivity index (χ2n) is 4.52. The summed E-state index contributed by atoms with van der Waals surface area (Å²) in [5.41, 5.74) is 0.572. The molecular formula is C14H19ClN2O2. The number of rotatable bonds is 6. The first-order valence-corrected chi connectivity index (χ1v) is 6.53. The Hall–Kier alpha value is -1.39. The van der Waals surface area contributed by atoms with Crippen molar-refractivity contribution in [3.05, 3.63) is 34.9 Å². The van der Waals surface area contributed by atoms with Gasteiger partial charge in [-0.1, -0.05) is 30.7 Å². The minimum atomic E-state index is -0.0316. The molecule has 0 heterocycles. The Morgan fingerprint density at radius 2 is 1.89 bits per heavy atom. The van der Waals surface area contributed by atoms with Gasteiger partial charge in [-0.3, -0.25) is 14.5 Å². The molecule has 0 aliphatic rings. The number of nitrogens with zero attached hydrogens (tertiary/aromatic N) is 2. The number of amides is 1. The maximum Gasteiger partial charge on any atom is 0.236 e. The van der Waals surface area contributed by atoms with Crippen LogP contribution < -0.4 is 0 Å². The molecule has 0 bridgehead atoms. The van der Waals surface area contributed by atoms with Crippen molar-refractivity contribution in [3.8, 4) is 0 Å². The van der Waals surface area contributed by atoms with E-state index in [9.17, 15) is 9.59 Å². The zero-order valence-corrected chi connectivity index (χ0v) is 12.3. The van der Waals surface area contributed by atoms with Crippen molar-refractivity contribution < 1.29 is 9.59 Å². The summed E-state index contributed by atoms with van der Waals surface area (Å²) in [6.45, 7) is 3.03. The maximum absolute atomic E-state index is 12.1. The van der Waals surface area contributed by atoms with Crippen molar-refractivity contribution in [2.24, 2.45) is 0 Å². The van der Waals surface area contributed by atoms with Crippen molar-refractivity contribution in [3.63, 3.8) is 0 Å². The molecule has 0 aliphatic carbocycles. The van der Waals surface area contributed by atoms with Crippen LogP contribution in [0.4, 0.5) is 0 Å². The van der Waals surface area contributed by atoms with Gasteiger partial charge in [0.2, 0.25) is 5.91 Å². The number of carbonyl (C=O) groups is 2. The van der Waals surface area contributed by atoms with Crippen molar-refractivity contribution >= 4 is 23.3 Å². The van der Waals surface area contributed by atoms with E-state index in [0.717, 1.165) is 0 Å². The monoisotopic (exact) mass is 282 g/mol. The molecule has 0 unspecified atom stereocenters. The SMILES string of the molecule is CCN(CC(=O)c1cccc(Cl)c1)CC(=O)N(C)C. The van der Waals surface area contributed by atoms with Crippen LogP contribution in [0.5, 0.6) is 0 Å². The predicted octanol–water partition coefficient (Wildman–Crippen LogP) is 1.93. The average Bonchev–Trinajstić information content (AvgIpc) is 2.37. The molecule has 5 heteroatoms. The number of benzene rings is 1. The van der Waals surface area contributed by atoms with Gasteiger partial charge in [-0.2, -0.15) is 0 Å². The molecule has 1 aromatic carbocycles. The summed E-state index contributed by atoms with van der Waals surface area (Å²) in [5, 5.41) is 0.540. The Kier molecular flexibility index (Phi) is 5.99. The van der Waals surface area contributed by atoms with E-state index < -0.39 is 0 Å². The molecule has 0 spiro atoms. The molecule has 0 N–H and O–H groups in total. The first-order valence-electron chi connectivity index (χ1n) is 6.15. The van der Waals surface area contributed by atoms with Gasteiger partial charge in [0.25, 0.3) is 0 Å². The molecule has 0 saturated carbocycles. The molecule has 104 valence electrons. The van der Waals surface area contributed by atoms with E-state index in [4.69, 9.17) is 11.6 Å². The summed E-state index contributed by atoms with van der Waals surface area (Å²) in [6, 6.07) is 6.85. The number of hydrogen-bond acceptors (Lipinski definition) is 3. The van der Waals surface area contributed by atoms with E-state index in [1.165, 1.54) is 4.90 Å². The number of halogens is 1. The minimum Gasteiger partial charge on any atom is -0.348 e. The molecule has 0 fully saturated rings. The zero-order chi connectivity index (χ0) is 14.4. The summed E-state index contributed by atoms with van der Waals surface area (Å²) in [4.78, 5) is 27.1. The molecule has 19 heavy (non-hydrogen) atoms. The predicted molar refractivity (Wildman–Crippen MR) is 76.6 cm³/mol. The molecule has 0 aromatic heterocycles. The Morgan fingerprint density at radius 1 is 1.21 bits per heavy atom. The molecular weight excluding hydrogens is 264 g/mol. The summed E-state index contributed by atoms with van der Waals surface area (Å²) in [6.07, 6.45) is 0. The van der Waals surface area contributed by atoms with Gasteiger partial charge in [-0.05, 0) is 18.7 Å². The van der Waals surface area contributed by atoms with Crippen LogP contribution in [-0.2, 0) is 4.79 Å². The molecule has 1 aromatic rings. The lowest BCUT2D eigenvalue weighted by atomic mass is 10.1. The normalized spacial score (nSPS) is 10.6. The van der Waals surface area contributed by atoms with E-state index in [-0.39, 0.29) is 24.8 Å². The molecule has 0 atom stereocenters. The van der Waals surface area contributed by atoms with Gasteiger partial charge >= 0.3 is 0 Å². The number of ketones is 1. The van der Waals surface area contributed by atoms with Crippen molar-refractivity contribution in [2.75, 3.05) is 33.7 Å². The lowest BCUT2D eigenvalue weighted by Crippen LogP contribution is -2.39. The number of carbonyl (C=O) groups excluding carboxylic acids is 2. The fraction of sp³-hybridized carbons (Fsp3) is 0.429. The Bertz CT molecular complexity index is 461. The average molecular weight is 283 g/mol. The van der Waals surface area contributed by atoms with Gasteiger partial charge in [0.05, 0.1) is 13.1 Å². The highest BCUT2D eigenvalue weighted by molar-refractivity contribution is 6.31. The first-order chi connectivity index (χ1) is 8.93. The van der Waals surface area contributed by atoms with Crippen LogP contribution in [0.15, 0.2) is 24.3 Å². The van der Waals surface area contributed by atoms with Gasteiger partial charge in [0, 0.05) is 24.7 Å². The second-order valence-corrected chi connectivity index (χ2v) is 4.96. The fourth-order valence-corrected chi connectivity index (χ4v) is 1.76. The van der Waals surface area contributed by atoms with Crippen molar-refractivity contribution in [1.82, 2.24) is 9.80 Å². The van der Waals surface area contributed by atoms with Crippen molar-refractivity contribution in [1.29, 1.82) is 0 Å². The van der Waals surface area contributed by atoms with E-state index in [2.05, 4.69) is 0 Å². The highest BCUT2D eigenvalue weighted by Gasteiger charge is 2.15. The van der Waals surface area contributed by atoms with Crippen LogP contribution in [-0.4, -0.2) is 55.2 Å². The third kappa shape index (κ3) is 5.01. The Labute approximate surface area is 118 Å². The zero-order valence-electron chi connectivity index (χ0n) is 11.5. The van der Waals surface area contributed by atoms with Gasteiger partial charge in [0.15, 0.2) is 5.78 Å². The van der Waals surface area contributed by atoms with E-state index >= 15 is 0 Å². The Balaban J connectivity index is 2.66. The van der Waals surface area contributed by atoms with E-state index in [1.807, 2.05) is 11.8 Å². The van der Waals surface area contributed by atoms with Crippen LogP contribution >= 0.6 is 11.6 Å². The van der Waals surface area contributed by atoms with Crippen LogP contribution in [0.25, 0.3) is 0 Å². The number of Topliss-reactive ketones (excluding diaryl/α,β-unsaturated/α-hetero) is 1. The number of likely N-dealkylation sites (N-methyl/N-ethyl adjacent to an activating group) is 2. The standard InChI is InChI=1S/C14H19ClN2O2/c1-4-17(10-14(19)16(2)3)9-13(18)11-6-5-7-12(15)8-11/h5-8H,4,9-10H2,1-3H3. The van der Waals surface area contributed by atoms with Gasteiger partial charge in [0.1, 0.15) is 0 Å². The summed E-state index contributed by atoms with van der Waals surface area (Å²) < 4.78 is 0. The van der Waals surface area contributed by atoms with E-state index in [1.54, 1.807) is 38.4 Å². The van der Waals surface area contributed by atoms with Crippen LogP contribution in [0.2, 0.25) is 5.02 Å². The van der Waals surface area contributed by atoms with Gasteiger partial charge in [-0.15, -0.1) is 0 Å². The van der Waals surface area contributed by atoms with Crippen LogP contribution in [0.1, 0.15) is 17.3 Å². The quantitative estimate of drug-likeness (QED) is 0.749. The topological polar surface area (TPSA) is 40.6 Å². The second kappa shape index (κ2) is 7.26. The highest BCUT2D eigenvalue weighted by Crippen LogP contribution is 2.11. The molecule has 4 nitrogen and oxygen atoms in total. The minimum absolute atomic E-state index is 0.0132. The fourth-order valence-electron chi connectivity index (χ4n) is 1.57. The lowest BCUT2D eigenvalue weighted by molar-refractivity contribution is -0.129.